The number of hydrogen-bond donors (Lipinski definition) is 1. The maximum Gasteiger partial charge on any atom is 0.338 e. The number of amides is 3. The first kappa shape index (κ1) is 24.6. The standard InChI is InChI=1S/C28H32N2O5/c1-4-18-7-6-8-19(5-2)25(18)29-24(31)16-35-28(34)20-10-12-21(13-11-20)30-26(32)22-14-9-17(3)15-23(22)27(30)33/h6-8,10-13,17,22-23H,4-5,9,14-16H2,1-3H3,(H,29,31)/t17-,22-,23+/m1/s1. The first-order chi connectivity index (χ1) is 16.8. The zero-order valence-corrected chi connectivity index (χ0v) is 20.5. The molecule has 184 valence electrons. The van der Waals surface area contributed by atoms with E-state index in [1.807, 2.05) is 32.0 Å². The van der Waals surface area contributed by atoms with Gasteiger partial charge in [0.15, 0.2) is 6.61 Å². The highest BCUT2D eigenvalue weighted by Crippen LogP contribution is 2.42. The number of benzene rings is 2. The van der Waals surface area contributed by atoms with Gasteiger partial charge in [0.25, 0.3) is 5.91 Å². The van der Waals surface area contributed by atoms with Crippen molar-refractivity contribution in [2.45, 2.75) is 52.9 Å². The minimum Gasteiger partial charge on any atom is -0.452 e. The van der Waals surface area contributed by atoms with Crippen LogP contribution in [0.5, 0.6) is 0 Å². The summed E-state index contributed by atoms with van der Waals surface area (Å²) < 4.78 is 5.21. The van der Waals surface area contributed by atoms with E-state index in [9.17, 15) is 19.2 Å². The molecular formula is C28H32N2O5. The molecule has 4 rings (SSSR count). The van der Waals surface area contributed by atoms with Crippen LogP contribution < -0.4 is 10.2 Å². The Morgan fingerprint density at radius 1 is 0.943 bits per heavy atom. The number of ether oxygens (including phenoxy) is 1. The molecule has 2 aromatic rings. The Morgan fingerprint density at radius 2 is 1.57 bits per heavy atom. The van der Waals surface area contributed by atoms with Crippen molar-refractivity contribution in [3.8, 4) is 0 Å². The molecule has 1 aliphatic heterocycles. The maximum atomic E-state index is 12.9. The quantitative estimate of drug-likeness (QED) is 0.468. The summed E-state index contributed by atoms with van der Waals surface area (Å²) in [7, 11) is 0. The molecule has 3 atom stereocenters. The number of carbonyl (C=O) groups is 4. The van der Waals surface area contributed by atoms with Crippen molar-refractivity contribution in [2.24, 2.45) is 17.8 Å². The molecule has 0 bridgehead atoms. The van der Waals surface area contributed by atoms with E-state index >= 15 is 0 Å². The molecule has 2 aliphatic rings. The third-order valence-electron chi connectivity index (χ3n) is 7.15. The number of nitrogens with one attached hydrogen (secondary N) is 1. The minimum atomic E-state index is -0.646. The molecular weight excluding hydrogens is 444 g/mol. The number of carbonyl (C=O) groups excluding carboxylic acids is 4. The predicted octanol–water partition coefficient (Wildman–Crippen LogP) is 4.53. The van der Waals surface area contributed by atoms with E-state index < -0.39 is 18.5 Å². The molecule has 0 spiro atoms. The Hall–Kier alpha value is -3.48. The van der Waals surface area contributed by atoms with Gasteiger partial charge in [-0.1, -0.05) is 39.0 Å². The van der Waals surface area contributed by atoms with Crippen LogP contribution in [0.4, 0.5) is 11.4 Å². The lowest BCUT2D eigenvalue weighted by atomic mass is 9.76. The van der Waals surface area contributed by atoms with Crippen LogP contribution in [0.3, 0.4) is 0 Å². The number of para-hydroxylation sites is 1. The predicted molar refractivity (Wildman–Crippen MR) is 133 cm³/mol. The van der Waals surface area contributed by atoms with Gasteiger partial charge in [0.05, 0.1) is 23.1 Å². The lowest BCUT2D eigenvalue weighted by Gasteiger charge is -2.25. The molecule has 1 N–H and O–H groups in total. The summed E-state index contributed by atoms with van der Waals surface area (Å²) in [4.78, 5) is 52.0. The molecule has 0 radical (unpaired) electrons. The van der Waals surface area contributed by atoms with E-state index in [1.165, 1.54) is 17.0 Å². The molecule has 1 saturated carbocycles. The molecule has 3 amide bonds. The van der Waals surface area contributed by atoms with Gasteiger partial charge in [-0.2, -0.15) is 0 Å². The van der Waals surface area contributed by atoms with Gasteiger partial charge in [-0.15, -0.1) is 0 Å². The fourth-order valence-electron chi connectivity index (χ4n) is 5.18. The van der Waals surface area contributed by atoms with Crippen LogP contribution in [0, 0.1) is 17.8 Å². The number of aryl methyl sites for hydroxylation is 2. The normalized spacial score (nSPS) is 21.6. The van der Waals surface area contributed by atoms with Crippen LogP contribution in [0.25, 0.3) is 0 Å². The smallest absolute Gasteiger partial charge is 0.338 e. The molecule has 1 aliphatic carbocycles. The second kappa shape index (κ2) is 10.4. The van der Waals surface area contributed by atoms with Crippen LogP contribution in [-0.2, 0) is 32.0 Å². The summed E-state index contributed by atoms with van der Waals surface area (Å²) in [5.74, 6) is -1.42. The van der Waals surface area contributed by atoms with Crippen molar-refractivity contribution >= 4 is 35.1 Å². The maximum absolute atomic E-state index is 12.9. The summed E-state index contributed by atoms with van der Waals surface area (Å²) >= 11 is 0. The van der Waals surface area contributed by atoms with Crippen LogP contribution in [0.2, 0.25) is 0 Å². The van der Waals surface area contributed by atoms with Gasteiger partial charge in [-0.05, 0) is 73.4 Å². The summed E-state index contributed by atoms with van der Waals surface area (Å²) in [6, 6.07) is 12.1. The second-order valence-electron chi connectivity index (χ2n) is 9.47. The molecule has 1 saturated heterocycles. The zero-order chi connectivity index (χ0) is 25.1. The first-order valence-electron chi connectivity index (χ1n) is 12.4. The van der Waals surface area contributed by atoms with Crippen LogP contribution in [0.15, 0.2) is 42.5 Å². The Bertz CT molecular complexity index is 1120. The number of fused-ring (bicyclic) bond motifs is 1. The van der Waals surface area contributed by atoms with Gasteiger partial charge < -0.3 is 10.1 Å². The van der Waals surface area contributed by atoms with E-state index in [1.54, 1.807) is 12.1 Å². The highest BCUT2D eigenvalue weighted by Gasteiger charge is 2.49. The molecule has 1 heterocycles. The number of esters is 1. The van der Waals surface area contributed by atoms with Gasteiger partial charge in [-0.3, -0.25) is 19.3 Å². The summed E-state index contributed by atoms with van der Waals surface area (Å²) in [6.07, 6.45) is 3.98. The molecule has 2 fully saturated rings. The highest BCUT2D eigenvalue weighted by molar-refractivity contribution is 6.22. The molecule has 7 nitrogen and oxygen atoms in total. The summed E-state index contributed by atoms with van der Waals surface area (Å²) in [5.41, 5.74) is 3.53. The van der Waals surface area contributed by atoms with E-state index in [0.717, 1.165) is 48.9 Å². The van der Waals surface area contributed by atoms with Crippen LogP contribution in [-0.4, -0.2) is 30.3 Å². The second-order valence-corrected chi connectivity index (χ2v) is 9.47. The average Bonchev–Trinajstić information content (AvgIpc) is 3.11. The van der Waals surface area contributed by atoms with Crippen molar-refractivity contribution in [1.29, 1.82) is 0 Å². The van der Waals surface area contributed by atoms with Crippen molar-refractivity contribution in [1.82, 2.24) is 0 Å². The van der Waals surface area contributed by atoms with E-state index in [4.69, 9.17) is 4.74 Å². The molecule has 0 aromatic heterocycles. The molecule has 0 unspecified atom stereocenters. The number of hydrogen-bond acceptors (Lipinski definition) is 5. The summed E-state index contributed by atoms with van der Waals surface area (Å²) in [5, 5.41) is 2.87. The Balaban J connectivity index is 1.37. The Labute approximate surface area is 205 Å². The van der Waals surface area contributed by atoms with Crippen molar-refractivity contribution in [3.63, 3.8) is 0 Å². The van der Waals surface area contributed by atoms with E-state index in [2.05, 4.69) is 12.2 Å². The summed E-state index contributed by atoms with van der Waals surface area (Å²) in [6.45, 7) is 5.74. The van der Waals surface area contributed by atoms with E-state index in [0.29, 0.717) is 11.6 Å². The largest absolute Gasteiger partial charge is 0.452 e. The van der Waals surface area contributed by atoms with Crippen LogP contribution in [0.1, 0.15) is 61.5 Å². The van der Waals surface area contributed by atoms with Gasteiger partial charge in [0.1, 0.15) is 0 Å². The number of anilines is 2. The van der Waals surface area contributed by atoms with Crippen molar-refractivity contribution in [2.75, 3.05) is 16.8 Å². The fourth-order valence-corrected chi connectivity index (χ4v) is 5.18. The Kier molecular flexibility index (Phi) is 7.34. The van der Waals surface area contributed by atoms with E-state index in [-0.39, 0.29) is 29.2 Å². The lowest BCUT2D eigenvalue weighted by Crippen LogP contribution is -2.30. The average molecular weight is 477 g/mol. The third-order valence-corrected chi connectivity index (χ3v) is 7.15. The SMILES string of the molecule is CCc1cccc(CC)c1NC(=O)COC(=O)c1ccc(N2C(=O)[C@H]3C[C@H](C)CC[C@H]3C2=O)cc1. The number of nitrogens with zero attached hydrogens (tertiary/aromatic N) is 1. The number of rotatable bonds is 7. The molecule has 35 heavy (non-hydrogen) atoms. The van der Waals surface area contributed by atoms with Gasteiger partial charge >= 0.3 is 5.97 Å². The minimum absolute atomic E-state index is 0.155. The third kappa shape index (κ3) is 4.99. The van der Waals surface area contributed by atoms with Gasteiger partial charge in [0, 0.05) is 5.69 Å². The van der Waals surface area contributed by atoms with Crippen molar-refractivity contribution < 1.29 is 23.9 Å². The van der Waals surface area contributed by atoms with Crippen molar-refractivity contribution in [3.05, 3.63) is 59.2 Å². The van der Waals surface area contributed by atoms with Crippen LogP contribution >= 0.6 is 0 Å². The highest BCUT2D eigenvalue weighted by atomic mass is 16.5. The van der Waals surface area contributed by atoms with Gasteiger partial charge in [-0.25, -0.2) is 4.79 Å². The zero-order valence-electron chi connectivity index (χ0n) is 20.5. The molecule has 2 aromatic carbocycles. The Morgan fingerprint density at radius 3 is 2.20 bits per heavy atom. The molecule has 7 heteroatoms. The fraction of sp³-hybridized carbons (Fsp3) is 0.429. The number of imide groups is 1. The first-order valence-corrected chi connectivity index (χ1v) is 12.4. The lowest BCUT2D eigenvalue weighted by molar-refractivity contribution is -0.122. The van der Waals surface area contributed by atoms with Gasteiger partial charge in [0.2, 0.25) is 11.8 Å². The monoisotopic (exact) mass is 476 g/mol. The topological polar surface area (TPSA) is 92.8 Å².